The molecule has 1 N–H and O–H groups in total. The second kappa shape index (κ2) is 10.6. The topological polar surface area (TPSA) is 103 Å². The Kier molecular flexibility index (Phi) is 7.62. The largest absolute Gasteiger partial charge is 0.497 e. The average Bonchev–Trinajstić information content (AvgIpc) is 2.81. The Labute approximate surface area is 195 Å². The molecule has 1 fully saturated rings. The van der Waals surface area contributed by atoms with Gasteiger partial charge in [0.25, 0.3) is 11.8 Å². The van der Waals surface area contributed by atoms with Crippen LogP contribution in [0.25, 0.3) is 6.08 Å². The number of hydrogen-bond donors (Lipinski definition) is 1. The smallest absolute Gasteiger partial charge is 0.344 e. The minimum Gasteiger partial charge on any atom is -0.497 e. The van der Waals surface area contributed by atoms with Crippen LogP contribution in [0.3, 0.4) is 0 Å². The Bertz CT molecular complexity index is 1110. The number of carbonyl (C=O) groups excluding carboxylic acids is 3. The zero-order valence-electron chi connectivity index (χ0n) is 18.2. The van der Waals surface area contributed by atoms with Crippen molar-refractivity contribution >= 4 is 46.9 Å². The Morgan fingerprint density at radius 2 is 1.79 bits per heavy atom. The lowest BCUT2D eigenvalue weighted by Gasteiger charge is -2.29. The van der Waals surface area contributed by atoms with Crippen LogP contribution in [0.1, 0.15) is 12.5 Å². The highest BCUT2D eigenvalue weighted by Gasteiger charge is 2.34. The van der Waals surface area contributed by atoms with E-state index in [1.807, 2.05) is 0 Å². The van der Waals surface area contributed by atoms with Gasteiger partial charge in [-0.1, -0.05) is 6.07 Å². The summed E-state index contributed by atoms with van der Waals surface area (Å²) in [7, 11) is 2.97. The summed E-state index contributed by atoms with van der Waals surface area (Å²) in [5, 5.41) is 2.51. The molecule has 0 aliphatic carbocycles. The molecular weight excluding hydrogens is 448 g/mol. The molecule has 2 aromatic carbocycles. The van der Waals surface area contributed by atoms with Crippen molar-refractivity contribution < 1.29 is 33.3 Å². The van der Waals surface area contributed by atoms with Gasteiger partial charge in [-0.25, -0.2) is 4.79 Å². The van der Waals surface area contributed by atoms with Gasteiger partial charge in [0.15, 0.2) is 23.2 Å². The van der Waals surface area contributed by atoms with E-state index in [-0.39, 0.29) is 23.9 Å². The third kappa shape index (κ3) is 5.47. The summed E-state index contributed by atoms with van der Waals surface area (Å²) in [4.78, 5) is 38.4. The van der Waals surface area contributed by atoms with Crippen molar-refractivity contribution in [3.05, 3.63) is 53.6 Å². The lowest BCUT2D eigenvalue weighted by Crippen LogP contribution is -2.54. The van der Waals surface area contributed by atoms with Crippen LogP contribution < -0.4 is 24.4 Å². The normalized spacial score (nSPS) is 14.7. The van der Waals surface area contributed by atoms with Crippen molar-refractivity contribution in [2.24, 2.45) is 0 Å². The molecule has 0 bridgehead atoms. The van der Waals surface area contributed by atoms with E-state index >= 15 is 0 Å². The van der Waals surface area contributed by atoms with Crippen LogP contribution in [0.4, 0.5) is 5.69 Å². The van der Waals surface area contributed by atoms with E-state index in [2.05, 4.69) is 5.32 Å². The Morgan fingerprint density at radius 3 is 2.42 bits per heavy atom. The molecule has 10 heteroatoms. The van der Waals surface area contributed by atoms with Crippen molar-refractivity contribution in [2.45, 2.75) is 6.92 Å². The summed E-state index contributed by atoms with van der Waals surface area (Å²) in [6.45, 7) is 1.67. The highest BCUT2D eigenvalue weighted by Crippen LogP contribution is 2.30. The lowest BCUT2D eigenvalue weighted by molar-refractivity contribution is -0.145. The average molecular weight is 471 g/mol. The molecule has 2 amide bonds. The molecule has 1 aliphatic heterocycles. The number of hydrogen-bond acceptors (Lipinski definition) is 8. The fourth-order valence-electron chi connectivity index (χ4n) is 3.02. The summed E-state index contributed by atoms with van der Waals surface area (Å²) in [5.41, 5.74) is 0.884. The number of benzene rings is 2. The van der Waals surface area contributed by atoms with Gasteiger partial charge in [-0.2, -0.15) is 0 Å². The Balaban J connectivity index is 1.87. The molecule has 3 rings (SSSR count). The maximum Gasteiger partial charge on any atom is 0.344 e. The number of nitrogens with zero attached hydrogens (tertiary/aromatic N) is 1. The molecule has 0 saturated carbocycles. The van der Waals surface area contributed by atoms with Crippen LogP contribution in [0, 0.1) is 0 Å². The minimum absolute atomic E-state index is 0.0207. The monoisotopic (exact) mass is 470 g/mol. The molecule has 2 aromatic rings. The van der Waals surface area contributed by atoms with Gasteiger partial charge in [0.1, 0.15) is 11.3 Å². The van der Waals surface area contributed by atoms with Crippen molar-refractivity contribution in [3.63, 3.8) is 0 Å². The molecule has 1 aliphatic rings. The van der Waals surface area contributed by atoms with Gasteiger partial charge in [0, 0.05) is 0 Å². The Morgan fingerprint density at radius 1 is 1.06 bits per heavy atom. The standard InChI is InChI=1S/C23H22N2O7S/c1-4-31-20(26)13-32-18-10-5-14(12-19(18)30-3)11-17-21(27)24-23(33)25(22(17)28)15-6-8-16(29-2)9-7-15/h5-12H,4,13H2,1-3H3,(H,24,27,33). The van der Waals surface area contributed by atoms with Gasteiger partial charge in [0.2, 0.25) is 0 Å². The van der Waals surface area contributed by atoms with E-state index in [1.165, 1.54) is 25.2 Å². The molecular formula is C23H22N2O7S. The van der Waals surface area contributed by atoms with Gasteiger partial charge < -0.3 is 18.9 Å². The fraction of sp³-hybridized carbons (Fsp3) is 0.217. The van der Waals surface area contributed by atoms with Crippen molar-refractivity contribution in [2.75, 3.05) is 32.3 Å². The van der Waals surface area contributed by atoms with E-state index in [9.17, 15) is 14.4 Å². The molecule has 0 atom stereocenters. The summed E-state index contributed by atoms with van der Waals surface area (Å²) in [6, 6.07) is 11.5. The summed E-state index contributed by atoms with van der Waals surface area (Å²) < 4.78 is 20.7. The zero-order chi connectivity index (χ0) is 24.0. The first-order chi connectivity index (χ1) is 15.9. The van der Waals surface area contributed by atoms with Gasteiger partial charge >= 0.3 is 5.97 Å². The fourth-order valence-corrected chi connectivity index (χ4v) is 3.30. The number of methoxy groups -OCH3 is 2. The molecule has 33 heavy (non-hydrogen) atoms. The lowest BCUT2D eigenvalue weighted by atomic mass is 10.1. The van der Waals surface area contributed by atoms with E-state index < -0.39 is 17.8 Å². The predicted molar refractivity (Wildman–Crippen MR) is 124 cm³/mol. The summed E-state index contributed by atoms with van der Waals surface area (Å²) in [6.07, 6.45) is 1.42. The number of esters is 1. The second-order valence-electron chi connectivity index (χ2n) is 6.66. The number of amides is 2. The van der Waals surface area contributed by atoms with E-state index in [0.29, 0.717) is 28.5 Å². The Hall–Kier alpha value is -3.92. The number of anilines is 1. The molecule has 1 saturated heterocycles. The number of rotatable bonds is 8. The van der Waals surface area contributed by atoms with E-state index in [0.717, 1.165) is 0 Å². The molecule has 9 nitrogen and oxygen atoms in total. The molecule has 0 unspecified atom stereocenters. The zero-order valence-corrected chi connectivity index (χ0v) is 19.1. The first-order valence-corrected chi connectivity index (χ1v) is 10.3. The first-order valence-electron chi connectivity index (χ1n) is 9.90. The highest BCUT2D eigenvalue weighted by molar-refractivity contribution is 7.80. The third-order valence-electron chi connectivity index (χ3n) is 4.58. The van der Waals surface area contributed by atoms with Crippen molar-refractivity contribution in [1.82, 2.24) is 5.32 Å². The minimum atomic E-state index is -0.614. The number of ether oxygens (including phenoxy) is 4. The summed E-state index contributed by atoms with van der Waals surface area (Å²) >= 11 is 5.21. The SMILES string of the molecule is CCOC(=O)COc1ccc(C=C2C(=O)NC(=S)N(c3ccc(OC)cc3)C2=O)cc1OC. The first kappa shape index (κ1) is 23.7. The van der Waals surface area contributed by atoms with Crippen LogP contribution >= 0.6 is 12.2 Å². The van der Waals surface area contributed by atoms with Crippen LogP contribution in [-0.2, 0) is 19.1 Å². The van der Waals surface area contributed by atoms with Gasteiger partial charge in [-0.05, 0) is 67.2 Å². The van der Waals surface area contributed by atoms with Crippen molar-refractivity contribution in [1.29, 1.82) is 0 Å². The molecule has 1 heterocycles. The maximum atomic E-state index is 13.1. The van der Waals surface area contributed by atoms with Crippen molar-refractivity contribution in [3.8, 4) is 17.2 Å². The van der Waals surface area contributed by atoms with Gasteiger partial charge in [-0.3, -0.25) is 19.8 Å². The van der Waals surface area contributed by atoms with Gasteiger partial charge in [-0.15, -0.1) is 0 Å². The van der Waals surface area contributed by atoms with Crippen LogP contribution in [-0.4, -0.2) is 50.3 Å². The van der Waals surface area contributed by atoms with Crippen LogP contribution in [0.5, 0.6) is 17.2 Å². The summed E-state index contributed by atoms with van der Waals surface area (Å²) in [5.74, 6) is -0.448. The molecule has 0 radical (unpaired) electrons. The highest BCUT2D eigenvalue weighted by atomic mass is 32.1. The molecule has 0 spiro atoms. The number of nitrogens with one attached hydrogen (secondary N) is 1. The maximum absolute atomic E-state index is 13.1. The van der Waals surface area contributed by atoms with Crippen LogP contribution in [0.2, 0.25) is 0 Å². The van der Waals surface area contributed by atoms with Gasteiger partial charge in [0.05, 0.1) is 26.5 Å². The molecule has 172 valence electrons. The van der Waals surface area contributed by atoms with E-state index in [4.69, 9.17) is 31.2 Å². The predicted octanol–water partition coefficient (Wildman–Crippen LogP) is 2.48. The third-order valence-corrected chi connectivity index (χ3v) is 4.87. The second-order valence-corrected chi connectivity index (χ2v) is 7.05. The van der Waals surface area contributed by atoms with Crippen LogP contribution in [0.15, 0.2) is 48.0 Å². The number of carbonyl (C=O) groups is 3. The van der Waals surface area contributed by atoms with E-state index in [1.54, 1.807) is 49.4 Å². The number of thiocarbonyl (C=S) groups is 1. The quantitative estimate of drug-likeness (QED) is 0.272. The molecule has 0 aromatic heterocycles.